The normalized spacial score (nSPS) is 10.7. The van der Waals surface area contributed by atoms with Gasteiger partial charge in [-0.25, -0.2) is 0 Å². The average molecular weight is 326 g/mol. The van der Waals surface area contributed by atoms with Gasteiger partial charge in [0.25, 0.3) is 17.2 Å². The van der Waals surface area contributed by atoms with Crippen LogP contribution in [0.4, 0.5) is 11.4 Å². The van der Waals surface area contributed by atoms with Gasteiger partial charge < -0.3 is 10.3 Å². The van der Waals surface area contributed by atoms with E-state index in [1.807, 2.05) is 0 Å². The van der Waals surface area contributed by atoms with Gasteiger partial charge in [-0.1, -0.05) is 12.1 Å². The molecule has 0 saturated heterocycles. The van der Waals surface area contributed by atoms with Crippen LogP contribution in [0.1, 0.15) is 29.8 Å². The molecule has 0 aliphatic carbocycles. The molecule has 0 saturated carbocycles. The zero-order chi connectivity index (χ0) is 17.9. The summed E-state index contributed by atoms with van der Waals surface area (Å²) in [7, 11) is 0. The van der Waals surface area contributed by atoms with Crippen LogP contribution in [-0.2, 0) is 5.41 Å². The predicted molar refractivity (Wildman–Crippen MR) is 86.8 cm³/mol. The summed E-state index contributed by atoms with van der Waals surface area (Å²) < 4.78 is 0. The molecular weight excluding hydrogens is 312 g/mol. The molecule has 8 heteroatoms. The molecule has 2 rings (SSSR count). The molecule has 2 aromatic rings. The lowest BCUT2D eigenvalue weighted by Crippen LogP contribution is -2.23. The molecule has 122 valence electrons. The molecule has 24 heavy (non-hydrogen) atoms. The summed E-state index contributed by atoms with van der Waals surface area (Å²) >= 11 is 0. The largest absolute Gasteiger partial charge is 0.322 e. The van der Waals surface area contributed by atoms with Crippen LogP contribution < -0.4 is 10.9 Å². The SMILES string of the molecule is CC(C)(C#N)c1ccc(NC(=O)c2cc([N+](=O)[O-])c[nH]c2=O)cc1. The lowest BCUT2D eigenvalue weighted by molar-refractivity contribution is -0.385. The standard InChI is InChI=1S/C16H14N4O4/c1-16(2,9-17)10-3-5-11(6-4-10)19-15(22)13-7-12(20(23)24)8-18-14(13)21/h3-8H,1-2H3,(H,18,21)(H,19,22). The summed E-state index contributed by atoms with van der Waals surface area (Å²) in [6.45, 7) is 3.53. The van der Waals surface area contributed by atoms with Crippen LogP contribution in [0.5, 0.6) is 0 Å². The second kappa shape index (κ2) is 6.34. The third-order valence-electron chi connectivity index (χ3n) is 3.49. The molecule has 0 radical (unpaired) electrons. The number of rotatable bonds is 4. The number of nitrogens with zero attached hydrogens (tertiary/aromatic N) is 2. The summed E-state index contributed by atoms with van der Waals surface area (Å²) in [5, 5.41) is 22.3. The summed E-state index contributed by atoms with van der Waals surface area (Å²) in [6.07, 6.45) is 0.928. The minimum Gasteiger partial charge on any atom is -0.322 e. The highest BCUT2D eigenvalue weighted by Crippen LogP contribution is 2.23. The fourth-order valence-corrected chi connectivity index (χ4v) is 1.98. The van der Waals surface area contributed by atoms with Gasteiger partial charge in [-0.15, -0.1) is 0 Å². The number of pyridine rings is 1. The molecule has 0 atom stereocenters. The van der Waals surface area contributed by atoms with Crippen LogP contribution in [-0.4, -0.2) is 15.8 Å². The summed E-state index contributed by atoms with van der Waals surface area (Å²) in [6, 6.07) is 9.66. The number of nitro groups is 1. The molecule has 0 aliphatic rings. The van der Waals surface area contributed by atoms with Gasteiger partial charge in [0, 0.05) is 11.8 Å². The Morgan fingerprint density at radius 2 is 1.96 bits per heavy atom. The zero-order valence-electron chi connectivity index (χ0n) is 13.0. The fourth-order valence-electron chi connectivity index (χ4n) is 1.98. The number of hydrogen-bond donors (Lipinski definition) is 2. The lowest BCUT2D eigenvalue weighted by atomic mass is 9.86. The van der Waals surface area contributed by atoms with Crippen molar-refractivity contribution in [1.82, 2.24) is 4.98 Å². The second-order valence-electron chi connectivity index (χ2n) is 5.63. The van der Waals surface area contributed by atoms with Crippen LogP contribution >= 0.6 is 0 Å². The van der Waals surface area contributed by atoms with Crippen molar-refractivity contribution in [2.24, 2.45) is 0 Å². The average Bonchev–Trinajstić information content (AvgIpc) is 2.55. The molecule has 0 fully saturated rings. The van der Waals surface area contributed by atoms with Gasteiger partial charge >= 0.3 is 0 Å². The van der Waals surface area contributed by atoms with Crippen LogP contribution in [0, 0.1) is 21.4 Å². The second-order valence-corrected chi connectivity index (χ2v) is 5.63. The number of carbonyl (C=O) groups excluding carboxylic acids is 1. The van der Waals surface area contributed by atoms with Gasteiger partial charge in [-0.3, -0.25) is 19.7 Å². The molecule has 1 aromatic heterocycles. The van der Waals surface area contributed by atoms with Crippen molar-refractivity contribution in [2.75, 3.05) is 5.32 Å². The number of hydrogen-bond acceptors (Lipinski definition) is 5. The smallest absolute Gasteiger partial charge is 0.286 e. The first-order chi connectivity index (χ1) is 11.2. The van der Waals surface area contributed by atoms with E-state index in [9.17, 15) is 19.7 Å². The number of nitrogens with one attached hydrogen (secondary N) is 2. The highest BCUT2D eigenvalue weighted by Gasteiger charge is 2.20. The van der Waals surface area contributed by atoms with E-state index in [0.29, 0.717) is 5.69 Å². The minimum atomic E-state index is -0.757. The maximum atomic E-state index is 12.1. The Morgan fingerprint density at radius 3 is 2.50 bits per heavy atom. The summed E-state index contributed by atoms with van der Waals surface area (Å²) in [4.78, 5) is 36.0. The van der Waals surface area contributed by atoms with Crippen LogP contribution in [0.2, 0.25) is 0 Å². The van der Waals surface area contributed by atoms with E-state index in [0.717, 1.165) is 17.8 Å². The van der Waals surface area contributed by atoms with Crippen LogP contribution in [0.15, 0.2) is 41.3 Å². The minimum absolute atomic E-state index is 0.356. The van der Waals surface area contributed by atoms with Crippen molar-refractivity contribution in [2.45, 2.75) is 19.3 Å². The van der Waals surface area contributed by atoms with E-state index in [1.54, 1.807) is 38.1 Å². The summed E-state index contributed by atoms with van der Waals surface area (Å²) in [5.74, 6) is -0.757. The number of carbonyl (C=O) groups is 1. The molecule has 0 aliphatic heterocycles. The Labute approximate surface area is 136 Å². The molecule has 1 amide bonds. The van der Waals surface area contributed by atoms with Gasteiger partial charge in [0.1, 0.15) is 5.56 Å². The Bertz CT molecular complexity index is 892. The zero-order valence-corrected chi connectivity index (χ0v) is 13.0. The maximum Gasteiger partial charge on any atom is 0.286 e. The molecule has 8 nitrogen and oxygen atoms in total. The number of amides is 1. The number of aromatic nitrogens is 1. The first-order valence-electron chi connectivity index (χ1n) is 6.95. The van der Waals surface area contributed by atoms with Crippen molar-refractivity contribution >= 4 is 17.3 Å². The highest BCUT2D eigenvalue weighted by atomic mass is 16.6. The van der Waals surface area contributed by atoms with Crippen LogP contribution in [0.3, 0.4) is 0 Å². The van der Waals surface area contributed by atoms with Gasteiger partial charge in [0.15, 0.2) is 0 Å². The van der Waals surface area contributed by atoms with Crippen molar-refractivity contribution in [1.29, 1.82) is 5.26 Å². The molecule has 0 unspecified atom stereocenters. The van der Waals surface area contributed by atoms with E-state index in [2.05, 4.69) is 16.4 Å². The Kier molecular flexibility index (Phi) is 4.46. The Hall–Kier alpha value is -3.47. The van der Waals surface area contributed by atoms with E-state index in [1.165, 1.54) is 0 Å². The van der Waals surface area contributed by atoms with Gasteiger partial charge in [-0.2, -0.15) is 5.26 Å². The fraction of sp³-hybridized carbons (Fsp3) is 0.188. The molecule has 0 spiro atoms. The third kappa shape index (κ3) is 3.47. The molecule has 1 heterocycles. The molecule has 2 N–H and O–H groups in total. The first-order valence-corrected chi connectivity index (χ1v) is 6.95. The predicted octanol–water partition coefficient (Wildman–Crippen LogP) is 2.34. The van der Waals surface area contributed by atoms with Gasteiger partial charge in [-0.05, 0) is 31.5 Å². The van der Waals surface area contributed by atoms with E-state index in [-0.39, 0.29) is 11.3 Å². The summed E-state index contributed by atoms with van der Waals surface area (Å²) in [5.41, 5.74) is -0.948. The molecular formula is C16H14N4O4. The number of anilines is 1. The number of benzene rings is 1. The maximum absolute atomic E-state index is 12.1. The number of nitriles is 1. The molecule has 0 bridgehead atoms. The first kappa shape index (κ1) is 16.9. The van der Waals surface area contributed by atoms with E-state index < -0.39 is 21.8 Å². The van der Waals surface area contributed by atoms with Crippen molar-refractivity contribution < 1.29 is 9.72 Å². The molecule has 1 aromatic carbocycles. The van der Waals surface area contributed by atoms with Crippen molar-refractivity contribution in [3.05, 3.63) is 68.1 Å². The topological polar surface area (TPSA) is 129 Å². The number of H-pyrrole nitrogens is 1. The highest BCUT2D eigenvalue weighted by molar-refractivity contribution is 6.04. The number of aromatic amines is 1. The van der Waals surface area contributed by atoms with Crippen molar-refractivity contribution in [3.63, 3.8) is 0 Å². The van der Waals surface area contributed by atoms with E-state index in [4.69, 9.17) is 5.26 Å². The Balaban J connectivity index is 2.25. The quantitative estimate of drug-likeness (QED) is 0.658. The van der Waals surface area contributed by atoms with Gasteiger partial charge in [0.2, 0.25) is 0 Å². The third-order valence-corrected chi connectivity index (χ3v) is 3.49. The van der Waals surface area contributed by atoms with E-state index >= 15 is 0 Å². The Morgan fingerprint density at radius 1 is 1.33 bits per heavy atom. The lowest BCUT2D eigenvalue weighted by Gasteiger charge is -2.16. The van der Waals surface area contributed by atoms with Crippen molar-refractivity contribution in [3.8, 4) is 6.07 Å². The van der Waals surface area contributed by atoms with Crippen LogP contribution in [0.25, 0.3) is 0 Å². The van der Waals surface area contributed by atoms with Gasteiger partial charge in [0.05, 0.1) is 22.6 Å². The monoisotopic (exact) mass is 326 g/mol.